The van der Waals surface area contributed by atoms with Crippen LogP contribution < -0.4 is 5.73 Å². The molecule has 0 saturated carbocycles. The minimum atomic E-state index is -0.529. The van der Waals surface area contributed by atoms with Crippen LogP contribution in [0, 0.1) is 11.3 Å². The smallest absolute Gasteiger partial charge is 0.121 e. The number of nitrogens with two attached hydrogens (primary N) is 1. The van der Waals surface area contributed by atoms with Crippen molar-refractivity contribution in [1.82, 2.24) is 0 Å². The normalized spacial score (nSPS) is 12.1. The monoisotopic (exact) mass is 196 g/mol. The second kappa shape index (κ2) is 4.13. The molecule has 1 atom stereocenters. The predicted octanol–water partition coefficient (Wildman–Crippen LogP) is 1.96. The Morgan fingerprint density at radius 3 is 2.85 bits per heavy atom. The molecule has 1 aromatic carbocycles. The molecule has 3 N–H and O–H groups in total. The van der Waals surface area contributed by atoms with Crippen molar-refractivity contribution in [1.29, 1.82) is 5.26 Å². The zero-order valence-electron chi connectivity index (χ0n) is 6.87. The summed E-state index contributed by atoms with van der Waals surface area (Å²) in [5.74, 6) is 0.0373. The van der Waals surface area contributed by atoms with Gasteiger partial charge in [-0.05, 0) is 12.1 Å². The van der Waals surface area contributed by atoms with Gasteiger partial charge >= 0.3 is 0 Å². The van der Waals surface area contributed by atoms with Crippen LogP contribution >= 0.6 is 11.6 Å². The van der Waals surface area contributed by atoms with Crippen LogP contribution in [0.4, 0.5) is 0 Å². The summed E-state index contributed by atoms with van der Waals surface area (Å²) in [6.07, 6.45) is 0.136. The minimum Gasteiger partial charge on any atom is -0.508 e. The first kappa shape index (κ1) is 9.85. The largest absolute Gasteiger partial charge is 0.508 e. The summed E-state index contributed by atoms with van der Waals surface area (Å²) >= 11 is 5.81. The van der Waals surface area contributed by atoms with Gasteiger partial charge in [0.2, 0.25) is 0 Å². The first-order valence-corrected chi connectivity index (χ1v) is 4.14. The fourth-order valence-corrected chi connectivity index (χ4v) is 1.40. The van der Waals surface area contributed by atoms with E-state index >= 15 is 0 Å². The van der Waals surface area contributed by atoms with Crippen LogP contribution in [-0.4, -0.2) is 5.11 Å². The molecule has 0 bridgehead atoms. The van der Waals surface area contributed by atoms with Gasteiger partial charge in [0.25, 0.3) is 0 Å². The van der Waals surface area contributed by atoms with Crippen LogP contribution in [-0.2, 0) is 0 Å². The molecule has 0 aromatic heterocycles. The minimum absolute atomic E-state index is 0.0373. The van der Waals surface area contributed by atoms with E-state index in [-0.39, 0.29) is 12.2 Å². The molecule has 0 unspecified atom stereocenters. The number of halogens is 1. The van der Waals surface area contributed by atoms with Gasteiger partial charge in [0.05, 0.1) is 12.5 Å². The van der Waals surface area contributed by atoms with Crippen LogP contribution in [0.3, 0.4) is 0 Å². The summed E-state index contributed by atoms with van der Waals surface area (Å²) in [6, 6.07) is 6.15. The molecule has 13 heavy (non-hydrogen) atoms. The fraction of sp³-hybridized carbons (Fsp3) is 0.222. The lowest BCUT2D eigenvalue weighted by molar-refractivity contribution is 0.462. The number of nitrogens with zero attached hydrogens (tertiary/aromatic N) is 1. The fourth-order valence-electron chi connectivity index (χ4n) is 1.09. The number of nitriles is 1. The van der Waals surface area contributed by atoms with Gasteiger partial charge in [0.15, 0.2) is 0 Å². The Balaban J connectivity index is 3.06. The summed E-state index contributed by atoms with van der Waals surface area (Å²) in [6.45, 7) is 0. The highest BCUT2D eigenvalue weighted by molar-refractivity contribution is 6.31. The van der Waals surface area contributed by atoms with Crippen molar-refractivity contribution >= 4 is 11.6 Å². The number of rotatable bonds is 2. The molecular formula is C9H9ClN2O. The molecule has 0 aliphatic heterocycles. The zero-order chi connectivity index (χ0) is 9.84. The number of hydrogen-bond donors (Lipinski definition) is 2. The van der Waals surface area contributed by atoms with Crippen molar-refractivity contribution in [2.45, 2.75) is 12.5 Å². The van der Waals surface area contributed by atoms with E-state index in [0.717, 1.165) is 0 Å². The molecular weight excluding hydrogens is 188 g/mol. The highest BCUT2D eigenvalue weighted by atomic mass is 35.5. The van der Waals surface area contributed by atoms with Crippen molar-refractivity contribution in [3.8, 4) is 11.8 Å². The summed E-state index contributed by atoms with van der Waals surface area (Å²) in [7, 11) is 0. The molecule has 0 heterocycles. The molecule has 68 valence electrons. The van der Waals surface area contributed by atoms with E-state index < -0.39 is 6.04 Å². The Hall–Kier alpha value is -1.24. The number of aromatic hydroxyl groups is 1. The number of phenols is 1. The van der Waals surface area contributed by atoms with Crippen LogP contribution in [0.5, 0.6) is 5.75 Å². The molecule has 1 rings (SSSR count). The van der Waals surface area contributed by atoms with E-state index in [1.807, 2.05) is 6.07 Å². The lowest BCUT2D eigenvalue weighted by atomic mass is 10.0. The Morgan fingerprint density at radius 2 is 2.31 bits per heavy atom. The molecule has 0 spiro atoms. The second-order valence-corrected chi connectivity index (χ2v) is 3.05. The van der Waals surface area contributed by atoms with E-state index in [0.29, 0.717) is 10.6 Å². The van der Waals surface area contributed by atoms with Gasteiger partial charge < -0.3 is 10.8 Å². The lowest BCUT2D eigenvalue weighted by Crippen LogP contribution is -2.09. The van der Waals surface area contributed by atoms with Gasteiger partial charge in [-0.1, -0.05) is 17.7 Å². The first-order valence-electron chi connectivity index (χ1n) is 3.76. The van der Waals surface area contributed by atoms with Gasteiger partial charge in [-0.15, -0.1) is 0 Å². The van der Waals surface area contributed by atoms with Crippen molar-refractivity contribution in [3.63, 3.8) is 0 Å². The quantitative estimate of drug-likeness (QED) is 0.760. The van der Waals surface area contributed by atoms with Crippen LogP contribution in [0.25, 0.3) is 0 Å². The van der Waals surface area contributed by atoms with Crippen molar-refractivity contribution in [3.05, 3.63) is 28.8 Å². The maximum atomic E-state index is 9.41. The highest BCUT2D eigenvalue weighted by Crippen LogP contribution is 2.31. The molecule has 0 aliphatic rings. The average Bonchev–Trinajstić information content (AvgIpc) is 2.04. The van der Waals surface area contributed by atoms with Crippen LogP contribution in [0.1, 0.15) is 18.0 Å². The summed E-state index contributed by atoms with van der Waals surface area (Å²) in [5.41, 5.74) is 6.08. The molecule has 1 aromatic rings. The maximum Gasteiger partial charge on any atom is 0.121 e. The zero-order valence-corrected chi connectivity index (χ0v) is 7.62. The van der Waals surface area contributed by atoms with E-state index in [2.05, 4.69) is 0 Å². The van der Waals surface area contributed by atoms with Crippen molar-refractivity contribution in [2.24, 2.45) is 5.73 Å². The molecule has 0 radical (unpaired) electrons. The standard InChI is InChI=1S/C9H9ClN2O/c10-6-2-1-3-8(13)9(6)7(12)4-5-11/h1-3,7,13H,4,12H2/t7-/m1/s1. The molecule has 0 saturated heterocycles. The van der Waals surface area contributed by atoms with Crippen molar-refractivity contribution in [2.75, 3.05) is 0 Å². The summed E-state index contributed by atoms with van der Waals surface area (Å²) in [5, 5.41) is 18.2. The third-order valence-electron chi connectivity index (χ3n) is 1.71. The van der Waals surface area contributed by atoms with Gasteiger partial charge in [-0.3, -0.25) is 0 Å². The summed E-state index contributed by atoms with van der Waals surface area (Å²) in [4.78, 5) is 0. The molecule has 4 heteroatoms. The Kier molecular flexibility index (Phi) is 3.13. The Morgan fingerprint density at radius 1 is 1.62 bits per heavy atom. The molecule has 0 aliphatic carbocycles. The van der Waals surface area contributed by atoms with Crippen LogP contribution in [0.15, 0.2) is 18.2 Å². The van der Waals surface area contributed by atoms with Gasteiger partial charge in [-0.25, -0.2) is 0 Å². The topological polar surface area (TPSA) is 70.0 Å². The number of phenolic OH excluding ortho intramolecular Hbond substituents is 1. The van der Waals surface area contributed by atoms with E-state index in [1.54, 1.807) is 12.1 Å². The third kappa shape index (κ3) is 2.11. The SMILES string of the molecule is N#CC[C@@H](N)c1c(O)cccc1Cl. The van der Waals surface area contributed by atoms with Gasteiger partial charge in [-0.2, -0.15) is 5.26 Å². The maximum absolute atomic E-state index is 9.41. The van der Waals surface area contributed by atoms with Crippen LogP contribution in [0.2, 0.25) is 5.02 Å². The highest BCUT2D eigenvalue weighted by Gasteiger charge is 2.13. The predicted molar refractivity (Wildman–Crippen MR) is 50.3 cm³/mol. The van der Waals surface area contributed by atoms with E-state index in [4.69, 9.17) is 22.6 Å². The Labute approximate surface area is 81.4 Å². The second-order valence-electron chi connectivity index (χ2n) is 2.64. The lowest BCUT2D eigenvalue weighted by Gasteiger charge is -2.11. The van der Waals surface area contributed by atoms with Gasteiger partial charge in [0.1, 0.15) is 5.75 Å². The number of hydrogen-bond acceptors (Lipinski definition) is 3. The first-order chi connectivity index (χ1) is 6.16. The Bertz CT molecular complexity index is 326. The molecule has 0 amide bonds. The van der Waals surface area contributed by atoms with Crippen molar-refractivity contribution < 1.29 is 5.11 Å². The molecule has 0 fully saturated rings. The van der Waals surface area contributed by atoms with E-state index in [1.165, 1.54) is 6.07 Å². The van der Waals surface area contributed by atoms with Gasteiger partial charge in [0, 0.05) is 16.6 Å². The number of benzene rings is 1. The summed E-state index contributed by atoms with van der Waals surface area (Å²) < 4.78 is 0. The third-order valence-corrected chi connectivity index (χ3v) is 2.04. The molecule has 3 nitrogen and oxygen atoms in total. The average molecular weight is 197 g/mol. The van der Waals surface area contributed by atoms with E-state index in [9.17, 15) is 5.11 Å².